The van der Waals surface area contributed by atoms with Gasteiger partial charge in [0.1, 0.15) is 0 Å². The molecular formula is C11H17BrOS. The number of hydrogen-bond donors (Lipinski definition) is 1. The molecule has 1 atom stereocenters. The highest BCUT2D eigenvalue weighted by Crippen LogP contribution is 2.30. The van der Waals surface area contributed by atoms with Crippen molar-refractivity contribution in [3.05, 3.63) is 20.8 Å². The first kappa shape index (κ1) is 12.2. The normalized spacial score (nSPS) is 13.1. The van der Waals surface area contributed by atoms with Crippen LogP contribution in [0.25, 0.3) is 0 Å². The van der Waals surface area contributed by atoms with E-state index in [1.54, 1.807) is 11.3 Å². The summed E-state index contributed by atoms with van der Waals surface area (Å²) in [5.74, 6) is 0. The Morgan fingerprint density at radius 3 is 2.71 bits per heavy atom. The lowest BCUT2D eigenvalue weighted by atomic mass is 10.1. The highest BCUT2D eigenvalue weighted by atomic mass is 79.9. The first-order valence-corrected chi connectivity index (χ1v) is 6.89. The van der Waals surface area contributed by atoms with Gasteiger partial charge >= 0.3 is 0 Å². The van der Waals surface area contributed by atoms with Gasteiger partial charge in [0.2, 0.25) is 0 Å². The van der Waals surface area contributed by atoms with Crippen molar-refractivity contribution in [2.24, 2.45) is 0 Å². The SMILES string of the molecule is CCCCCCC(O)c1cscc1Br. The lowest BCUT2D eigenvalue weighted by Crippen LogP contribution is -1.96. The van der Waals surface area contributed by atoms with Crippen LogP contribution in [0.4, 0.5) is 0 Å². The fraction of sp³-hybridized carbons (Fsp3) is 0.636. The van der Waals surface area contributed by atoms with Crippen LogP contribution in [-0.4, -0.2) is 5.11 Å². The van der Waals surface area contributed by atoms with Gasteiger partial charge in [-0.15, -0.1) is 0 Å². The van der Waals surface area contributed by atoms with Crippen LogP contribution in [0.3, 0.4) is 0 Å². The second-order valence-corrected chi connectivity index (χ2v) is 5.14. The predicted octanol–water partition coefficient (Wildman–Crippen LogP) is 4.51. The van der Waals surface area contributed by atoms with Crippen molar-refractivity contribution in [1.29, 1.82) is 0 Å². The number of thiophene rings is 1. The van der Waals surface area contributed by atoms with E-state index in [1.807, 2.05) is 10.8 Å². The van der Waals surface area contributed by atoms with E-state index in [0.29, 0.717) is 0 Å². The minimum absolute atomic E-state index is 0.285. The van der Waals surface area contributed by atoms with E-state index < -0.39 is 0 Å². The predicted molar refractivity (Wildman–Crippen MR) is 65.7 cm³/mol. The van der Waals surface area contributed by atoms with Crippen molar-refractivity contribution in [3.63, 3.8) is 0 Å². The van der Waals surface area contributed by atoms with Crippen LogP contribution in [0.15, 0.2) is 15.2 Å². The molecule has 1 unspecified atom stereocenters. The molecule has 3 heteroatoms. The Bertz CT molecular complexity index is 260. The van der Waals surface area contributed by atoms with Gasteiger partial charge in [-0.25, -0.2) is 0 Å². The van der Waals surface area contributed by atoms with Gasteiger partial charge in [-0.2, -0.15) is 11.3 Å². The highest BCUT2D eigenvalue weighted by Gasteiger charge is 2.11. The summed E-state index contributed by atoms with van der Waals surface area (Å²) in [7, 11) is 0. The quantitative estimate of drug-likeness (QED) is 0.758. The van der Waals surface area contributed by atoms with Crippen molar-refractivity contribution >= 4 is 27.3 Å². The Morgan fingerprint density at radius 2 is 2.14 bits per heavy atom. The number of unbranched alkanes of at least 4 members (excludes halogenated alkanes) is 3. The van der Waals surface area contributed by atoms with Gasteiger partial charge in [-0.3, -0.25) is 0 Å². The summed E-state index contributed by atoms with van der Waals surface area (Å²) in [4.78, 5) is 0. The summed E-state index contributed by atoms with van der Waals surface area (Å²) < 4.78 is 1.05. The standard InChI is InChI=1S/C11H17BrOS/c1-2-3-4-5-6-11(13)9-7-14-8-10(9)12/h7-8,11,13H,2-6H2,1H3. The highest BCUT2D eigenvalue weighted by molar-refractivity contribution is 9.10. The molecule has 0 fully saturated rings. The van der Waals surface area contributed by atoms with Crippen LogP contribution in [0.2, 0.25) is 0 Å². The molecule has 0 aliphatic heterocycles. The third-order valence-electron chi connectivity index (χ3n) is 2.33. The maximum absolute atomic E-state index is 9.87. The molecule has 0 saturated carbocycles. The van der Waals surface area contributed by atoms with E-state index in [4.69, 9.17) is 0 Å². The summed E-state index contributed by atoms with van der Waals surface area (Å²) in [6.45, 7) is 2.20. The Kier molecular flexibility index (Phi) is 5.75. The number of hydrogen-bond acceptors (Lipinski definition) is 2. The summed E-state index contributed by atoms with van der Waals surface area (Å²) in [6.07, 6.45) is 5.48. The molecule has 80 valence electrons. The van der Waals surface area contributed by atoms with E-state index >= 15 is 0 Å². The average molecular weight is 277 g/mol. The molecule has 1 heterocycles. The van der Waals surface area contributed by atoms with Crippen molar-refractivity contribution < 1.29 is 5.11 Å². The molecule has 1 nitrogen and oxygen atoms in total. The first-order chi connectivity index (χ1) is 6.75. The van der Waals surface area contributed by atoms with Gasteiger partial charge in [0.25, 0.3) is 0 Å². The largest absolute Gasteiger partial charge is 0.388 e. The van der Waals surface area contributed by atoms with Gasteiger partial charge in [-0.1, -0.05) is 32.6 Å². The van der Waals surface area contributed by atoms with E-state index in [0.717, 1.165) is 22.9 Å². The third kappa shape index (κ3) is 3.71. The second kappa shape index (κ2) is 6.59. The average Bonchev–Trinajstić information content (AvgIpc) is 2.59. The van der Waals surface area contributed by atoms with E-state index in [9.17, 15) is 5.11 Å². The van der Waals surface area contributed by atoms with Crippen LogP contribution in [-0.2, 0) is 0 Å². The fourth-order valence-corrected chi connectivity index (χ4v) is 3.06. The van der Waals surface area contributed by atoms with Crippen LogP contribution in [0.1, 0.15) is 50.7 Å². The zero-order valence-corrected chi connectivity index (χ0v) is 10.9. The molecular weight excluding hydrogens is 260 g/mol. The summed E-state index contributed by atoms with van der Waals surface area (Å²) >= 11 is 5.07. The van der Waals surface area contributed by atoms with Gasteiger partial charge in [0, 0.05) is 15.4 Å². The number of aliphatic hydroxyl groups is 1. The minimum Gasteiger partial charge on any atom is -0.388 e. The van der Waals surface area contributed by atoms with Crippen LogP contribution in [0, 0.1) is 0 Å². The van der Waals surface area contributed by atoms with Gasteiger partial charge in [-0.05, 0) is 27.7 Å². The monoisotopic (exact) mass is 276 g/mol. The number of aliphatic hydroxyl groups excluding tert-OH is 1. The Labute approximate surface area is 98.3 Å². The molecule has 0 aromatic carbocycles. The maximum Gasteiger partial charge on any atom is 0.0809 e. The number of rotatable bonds is 6. The van der Waals surface area contributed by atoms with Crippen LogP contribution in [0.5, 0.6) is 0 Å². The zero-order valence-electron chi connectivity index (χ0n) is 8.50. The van der Waals surface area contributed by atoms with Gasteiger partial charge in [0.05, 0.1) is 6.10 Å². The summed E-state index contributed by atoms with van der Waals surface area (Å²) in [6, 6.07) is 0. The smallest absolute Gasteiger partial charge is 0.0809 e. The molecule has 1 aromatic rings. The molecule has 0 aliphatic carbocycles. The fourth-order valence-electron chi connectivity index (χ4n) is 1.45. The van der Waals surface area contributed by atoms with Crippen LogP contribution < -0.4 is 0 Å². The molecule has 1 N–H and O–H groups in total. The van der Waals surface area contributed by atoms with E-state index in [-0.39, 0.29) is 6.10 Å². The topological polar surface area (TPSA) is 20.2 Å². The zero-order chi connectivity index (χ0) is 10.4. The van der Waals surface area contributed by atoms with Gasteiger partial charge < -0.3 is 5.11 Å². The molecule has 0 amide bonds. The third-order valence-corrected chi connectivity index (χ3v) is 4.08. The van der Waals surface area contributed by atoms with Crippen LogP contribution >= 0.6 is 27.3 Å². The lowest BCUT2D eigenvalue weighted by Gasteiger charge is -2.09. The van der Waals surface area contributed by atoms with Crippen molar-refractivity contribution in [2.75, 3.05) is 0 Å². The molecule has 1 rings (SSSR count). The first-order valence-electron chi connectivity index (χ1n) is 5.15. The molecule has 1 aromatic heterocycles. The summed E-state index contributed by atoms with van der Waals surface area (Å²) in [5.41, 5.74) is 1.05. The second-order valence-electron chi connectivity index (χ2n) is 3.54. The molecule has 0 aliphatic rings. The maximum atomic E-state index is 9.87. The van der Waals surface area contributed by atoms with Crippen molar-refractivity contribution in [1.82, 2.24) is 0 Å². The lowest BCUT2D eigenvalue weighted by molar-refractivity contribution is 0.163. The Hall–Kier alpha value is 0.140. The van der Waals surface area contributed by atoms with Crippen molar-refractivity contribution in [3.8, 4) is 0 Å². The Morgan fingerprint density at radius 1 is 1.36 bits per heavy atom. The molecule has 0 radical (unpaired) electrons. The molecule has 0 spiro atoms. The summed E-state index contributed by atoms with van der Waals surface area (Å²) in [5, 5.41) is 13.9. The Balaban J connectivity index is 2.28. The van der Waals surface area contributed by atoms with E-state index in [1.165, 1.54) is 19.3 Å². The number of halogens is 1. The van der Waals surface area contributed by atoms with Gasteiger partial charge in [0.15, 0.2) is 0 Å². The molecule has 14 heavy (non-hydrogen) atoms. The van der Waals surface area contributed by atoms with E-state index in [2.05, 4.69) is 22.9 Å². The van der Waals surface area contributed by atoms with Crippen molar-refractivity contribution in [2.45, 2.75) is 45.1 Å². The minimum atomic E-state index is -0.285. The molecule has 0 saturated heterocycles. The molecule has 0 bridgehead atoms.